The van der Waals surface area contributed by atoms with Crippen LogP contribution in [0.1, 0.15) is 30.4 Å². The van der Waals surface area contributed by atoms with Gasteiger partial charge in [0, 0.05) is 30.3 Å². The number of aromatic nitrogens is 1. The normalized spacial score (nSPS) is 23.2. The minimum absolute atomic E-state index is 0.152. The summed E-state index contributed by atoms with van der Waals surface area (Å²) in [6.45, 7) is 1.73. The summed E-state index contributed by atoms with van der Waals surface area (Å²) in [7, 11) is -1.79. The molecule has 1 aliphatic carbocycles. The first-order valence-corrected chi connectivity index (χ1v) is 12.8. The third-order valence-electron chi connectivity index (χ3n) is 6.04. The SMILES string of the molecule is COc1ccc(CN2CC3(CCC(COS(C)(=O)=O)C3)c3c2ncc(Br)c3Cl)cc1. The average molecular weight is 516 g/mol. The molecule has 2 unspecified atom stereocenters. The van der Waals surface area contributed by atoms with Gasteiger partial charge in [0.25, 0.3) is 10.1 Å². The van der Waals surface area contributed by atoms with Crippen LogP contribution in [0.25, 0.3) is 0 Å². The van der Waals surface area contributed by atoms with Crippen molar-refractivity contribution >= 4 is 43.5 Å². The Balaban J connectivity index is 1.61. The van der Waals surface area contributed by atoms with Crippen molar-refractivity contribution in [2.45, 2.75) is 31.2 Å². The molecule has 1 fully saturated rings. The first kappa shape index (κ1) is 21.9. The molecule has 0 amide bonds. The molecule has 162 valence electrons. The van der Waals surface area contributed by atoms with E-state index in [9.17, 15) is 8.42 Å². The maximum atomic E-state index is 11.4. The van der Waals surface area contributed by atoms with E-state index in [2.05, 4.69) is 33.0 Å². The fourth-order valence-electron chi connectivity index (χ4n) is 4.74. The van der Waals surface area contributed by atoms with Crippen LogP contribution >= 0.6 is 27.5 Å². The summed E-state index contributed by atoms with van der Waals surface area (Å²) in [4.78, 5) is 6.98. The topological polar surface area (TPSA) is 68.7 Å². The third kappa shape index (κ3) is 4.33. The van der Waals surface area contributed by atoms with Gasteiger partial charge >= 0.3 is 0 Å². The van der Waals surface area contributed by atoms with Crippen LogP contribution in [0.3, 0.4) is 0 Å². The molecule has 0 bridgehead atoms. The van der Waals surface area contributed by atoms with Gasteiger partial charge in [-0.25, -0.2) is 4.98 Å². The van der Waals surface area contributed by atoms with Gasteiger partial charge in [0.1, 0.15) is 11.6 Å². The van der Waals surface area contributed by atoms with E-state index in [1.54, 1.807) is 13.3 Å². The maximum Gasteiger partial charge on any atom is 0.264 e. The van der Waals surface area contributed by atoms with Crippen LogP contribution in [0.4, 0.5) is 5.82 Å². The fraction of sp³-hybridized carbons (Fsp3) is 0.476. The van der Waals surface area contributed by atoms with Gasteiger partial charge in [-0.1, -0.05) is 23.7 Å². The van der Waals surface area contributed by atoms with E-state index in [-0.39, 0.29) is 17.9 Å². The lowest BCUT2D eigenvalue weighted by molar-refractivity contribution is 0.252. The summed E-state index contributed by atoms with van der Waals surface area (Å²) in [5, 5.41) is 0.696. The van der Waals surface area contributed by atoms with Crippen molar-refractivity contribution in [2.75, 3.05) is 31.4 Å². The molecule has 0 radical (unpaired) electrons. The molecular weight excluding hydrogens is 492 g/mol. The predicted molar refractivity (Wildman–Crippen MR) is 121 cm³/mol. The van der Waals surface area contributed by atoms with Gasteiger partial charge in [-0.2, -0.15) is 8.42 Å². The molecule has 1 aliphatic heterocycles. The largest absolute Gasteiger partial charge is 0.497 e. The van der Waals surface area contributed by atoms with Crippen molar-refractivity contribution in [1.82, 2.24) is 4.98 Å². The predicted octanol–water partition coefficient (Wildman–Crippen LogP) is 4.54. The lowest BCUT2D eigenvalue weighted by Crippen LogP contribution is -2.31. The molecule has 1 aromatic heterocycles. The summed E-state index contributed by atoms with van der Waals surface area (Å²) in [6.07, 6.45) is 5.49. The van der Waals surface area contributed by atoms with Gasteiger partial charge in [-0.15, -0.1) is 0 Å². The Morgan fingerprint density at radius 2 is 2.07 bits per heavy atom. The average Bonchev–Trinajstić information content (AvgIpc) is 3.25. The number of fused-ring (bicyclic) bond motifs is 2. The standard InChI is InChI=1S/C21H24BrClN2O4S/c1-28-16-5-3-14(4-6-16)11-25-13-21(18-19(23)17(22)10-24-20(18)25)8-7-15(9-21)12-29-30(2,26)27/h3-6,10,15H,7-9,11-13H2,1-2H3. The molecule has 1 saturated carbocycles. The summed E-state index contributed by atoms with van der Waals surface area (Å²) in [6, 6.07) is 8.03. The molecule has 2 atom stereocenters. The molecule has 0 N–H and O–H groups in total. The summed E-state index contributed by atoms with van der Waals surface area (Å²) < 4.78 is 34.0. The number of anilines is 1. The maximum absolute atomic E-state index is 11.4. The molecular formula is C21H24BrClN2O4S. The summed E-state index contributed by atoms with van der Waals surface area (Å²) >= 11 is 10.3. The van der Waals surface area contributed by atoms with Crippen LogP contribution < -0.4 is 9.64 Å². The highest BCUT2D eigenvalue weighted by molar-refractivity contribution is 9.10. The first-order valence-electron chi connectivity index (χ1n) is 9.77. The number of halogens is 2. The Morgan fingerprint density at radius 3 is 2.73 bits per heavy atom. The number of methoxy groups -OCH3 is 1. The van der Waals surface area contributed by atoms with Gasteiger partial charge in [0.05, 0.1) is 29.5 Å². The highest BCUT2D eigenvalue weighted by atomic mass is 79.9. The van der Waals surface area contributed by atoms with E-state index in [0.717, 1.165) is 59.2 Å². The van der Waals surface area contributed by atoms with E-state index >= 15 is 0 Å². The quantitative estimate of drug-likeness (QED) is 0.526. The van der Waals surface area contributed by atoms with Crippen LogP contribution in [0, 0.1) is 5.92 Å². The Bertz CT molecular complexity index is 1050. The molecule has 2 aromatic rings. The highest BCUT2D eigenvalue weighted by Gasteiger charge is 2.50. The zero-order valence-electron chi connectivity index (χ0n) is 16.9. The number of ether oxygens (including phenoxy) is 1. The van der Waals surface area contributed by atoms with Crippen LogP contribution in [-0.4, -0.2) is 39.9 Å². The Kier molecular flexibility index (Phi) is 6.05. The van der Waals surface area contributed by atoms with Gasteiger partial charge in [-0.3, -0.25) is 4.18 Å². The van der Waals surface area contributed by atoms with Crippen molar-refractivity contribution < 1.29 is 17.3 Å². The molecule has 2 heterocycles. The van der Waals surface area contributed by atoms with Crippen LogP contribution in [0.2, 0.25) is 5.02 Å². The van der Waals surface area contributed by atoms with E-state index in [4.69, 9.17) is 25.5 Å². The third-order valence-corrected chi connectivity index (χ3v) is 7.82. The molecule has 1 spiro atoms. The number of pyridine rings is 1. The van der Waals surface area contributed by atoms with E-state index < -0.39 is 10.1 Å². The Hall–Kier alpha value is -1.35. The van der Waals surface area contributed by atoms with Gasteiger partial charge in [0.2, 0.25) is 0 Å². The Morgan fingerprint density at radius 1 is 1.33 bits per heavy atom. The van der Waals surface area contributed by atoms with Gasteiger partial charge < -0.3 is 9.64 Å². The second-order valence-corrected chi connectivity index (χ2v) is 11.1. The molecule has 1 aromatic carbocycles. The highest BCUT2D eigenvalue weighted by Crippen LogP contribution is 2.55. The van der Waals surface area contributed by atoms with Crippen LogP contribution in [-0.2, 0) is 26.3 Å². The smallest absolute Gasteiger partial charge is 0.264 e. The molecule has 2 aliphatic rings. The number of nitrogens with zero attached hydrogens (tertiary/aromatic N) is 2. The Labute approximate surface area is 190 Å². The fourth-order valence-corrected chi connectivity index (χ4v) is 5.81. The second kappa shape index (κ2) is 8.30. The monoisotopic (exact) mass is 514 g/mol. The van der Waals surface area contributed by atoms with Gasteiger partial charge in [-0.05, 0) is 58.8 Å². The van der Waals surface area contributed by atoms with Gasteiger partial charge in [0.15, 0.2) is 0 Å². The molecule has 30 heavy (non-hydrogen) atoms. The van der Waals surface area contributed by atoms with E-state index in [1.165, 1.54) is 0 Å². The van der Waals surface area contributed by atoms with Crippen molar-refractivity contribution in [2.24, 2.45) is 5.92 Å². The van der Waals surface area contributed by atoms with Crippen molar-refractivity contribution in [1.29, 1.82) is 0 Å². The lowest BCUT2D eigenvalue weighted by Gasteiger charge is -2.26. The zero-order chi connectivity index (χ0) is 21.5. The number of benzene rings is 1. The second-order valence-electron chi connectivity index (χ2n) is 8.20. The molecule has 6 nitrogen and oxygen atoms in total. The van der Waals surface area contributed by atoms with E-state index in [1.807, 2.05) is 12.1 Å². The van der Waals surface area contributed by atoms with Crippen molar-refractivity contribution in [3.05, 3.63) is 51.1 Å². The van der Waals surface area contributed by atoms with Crippen molar-refractivity contribution in [3.8, 4) is 5.75 Å². The molecule has 4 rings (SSSR count). The first-order chi connectivity index (χ1) is 14.2. The van der Waals surface area contributed by atoms with E-state index in [0.29, 0.717) is 11.6 Å². The van der Waals surface area contributed by atoms with Crippen LogP contribution in [0.5, 0.6) is 5.75 Å². The lowest BCUT2D eigenvalue weighted by atomic mass is 9.80. The summed E-state index contributed by atoms with van der Waals surface area (Å²) in [5.41, 5.74) is 2.07. The number of hydrogen-bond acceptors (Lipinski definition) is 6. The number of hydrogen-bond donors (Lipinski definition) is 0. The van der Waals surface area contributed by atoms with Crippen molar-refractivity contribution in [3.63, 3.8) is 0 Å². The summed E-state index contributed by atoms with van der Waals surface area (Å²) in [5.74, 6) is 1.90. The van der Waals surface area contributed by atoms with Crippen LogP contribution in [0.15, 0.2) is 34.9 Å². The minimum Gasteiger partial charge on any atom is -0.497 e. The zero-order valence-corrected chi connectivity index (χ0v) is 20.1. The number of rotatable bonds is 6. The molecule has 0 saturated heterocycles. The minimum atomic E-state index is -3.45. The molecule has 9 heteroatoms.